The normalized spacial score (nSPS) is 23.0. The van der Waals surface area contributed by atoms with Crippen molar-refractivity contribution in [3.63, 3.8) is 0 Å². The zero-order valence-electron chi connectivity index (χ0n) is 10.9. The van der Waals surface area contributed by atoms with E-state index in [1.165, 1.54) is 5.69 Å². The van der Waals surface area contributed by atoms with E-state index in [-0.39, 0.29) is 0 Å². The number of hydrogen-bond donors (Lipinski definition) is 1. The number of hydrogen-bond acceptors (Lipinski definition) is 3. The van der Waals surface area contributed by atoms with Crippen molar-refractivity contribution in [2.24, 2.45) is 11.3 Å². The fourth-order valence-corrected chi connectivity index (χ4v) is 2.56. The molecule has 1 aliphatic rings. The first-order valence-corrected chi connectivity index (χ1v) is 6.12. The average molecular weight is 234 g/mol. The Hall–Kier alpha value is -1.22. The van der Waals surface area contributed by atoms with Gasteiger partial charge in [-0.05, 0) is 29.7 Å². The first kappa shape index (κ1) is 12.2. The van der Waals surface area contributed by atoms with Crippen LogP contribution in [0.1, 0.15) is 13.8 Å². The number of nitrogens with zero attached hydrogens (tertiary/aromatic N) is 1. The molecule has 3 nitrogen and oxygen atoms in total. The third-order valence-electron chi connectivity index (χ3n) is 3.77. The Morgan fingerprint density at radius 2 is 2.00 bits per heavy atom. The van der Waals surface area contributed by atoms with Crippen LogP contribution in [0.4, 0.5) is 11.4 Å². The van der Waals surface area contributed by atoms with Crippen molar-refractivity contribution in [2.75, 3.05) is 37.4 Å². The average Bonchev–Trinajstić information content (AvgIpc) is 2.56. The van der Waals surface area contributed by atoms with Gasteiger partial charge in [-0.25, -0.2) is 0 Å². The van der Waals surface area contributed by atoms with Crippen LogP contribution in [0, 0.1) is 11.3 Å². The molecule has 1 aromatic rings. The summed E-state index contributed by atoms with van der Waals surface area (Å²) in [6.45, 7) is 7.59. The van der Waals surface area contributed by atoms with Crippen LogP contribution in [-0.4, -0.2) is 26.8 Å². The molecule has 1 heterocycles. The van der Waals surface area contributed by atoms with Gasteiger partial charge in [-0.1, -0.05) is 13.8 Å². The minimum atomic E-state index is 0.303. The number of nitrogen functional groups attached to an aromatic ring is 1. The van der Waals surface area contributed by atoms with Gasteiger partial charge >= 0.3 is 0 Å². The van der Waals surface area contributed by atoms with E-state index in [0.717, 1.165) is 25.4 Å². The first-order chi connectivity index (χ1) is 8.03. The maximum Gasteiger partial charge on any atom is 0.0513 e. The van der Waals surface area contributed by atoms with Gasteiger partial charge in [0.05, 0.1) is 6.61 Å². The van der Waals surface area contributed by atoms with Crippen LogP contribution in [0.5, 0.6) is 0 Å². The lowest BCUT2D eigenvalue weighted by molar-refractivity contribution is 0.112. The van der Waals surface area contributed by atoms with Crippen molar-refractivity contribution in [3.8, 4) is 0 Å². The highest BCUT2D eigenvalue weighted by Gasteiger charge is 2.39. The minimum Gasteiger partial charge on any atom is -0.399 e. The molecule has 0 aromatic heterocycles. The lowest BCUT2D eigenvalue weighted by Gasteiger charge is -2.24. The number of rotatable bonds is 3. The highest BCUT2D eigenvalue weighted by molar-refractivity contribution is 5.54. The minimum absolute atomic E-state index is 0.303. The predicted molar refractivity (Wildman–Crippen MR) is 72.2 cm³/mol. The van der Waals surface area contributed by atoms with E-state index in [1.807, 2.05) is 12.1 Å². The van der Waals surface area contributed by atoms with Gasteiger partial charge in [-0.2, -0.15) is 0 Å². The van der Waals surface area contributed by atoms with E-state index in [9.17, 15) is 0 Å². The summed E-state index contributed by atoms with van der Waals surface area (Å²) < 4.78 is 5.32. The highest BCUT2D eigenvalue weighted by Crippen LogP contribution is 2.37. The van der Waals surface area contributed by atoms with Crippen LogP contribution < -0.4 is 10.6 Å². The van der Waals surface area contributed by atoms with Gasteiger partial charge in [0.15, 0.2) is 0 Å². The van der Waals surface area contributed by atoms with Crippen molar-refractivity contribution in [3.05, 3.63) is 24.3 Å². The Bertz CT molecular complexity index is 372. The standard InChI is InChI=1S/C14H22N2O/c1-14(2)10-16(8-11(14)9-17-3)13-6-4-12(15)5-7-13/h4-7,11H,8-10,15H2,1-3H3/t11-/m1/s1. The molecule has 0 bridgehead atoms. The van der Waals surface area contributed by atoms with E-state index in [2.05, 4.69) is 30.9 Å². The highest BCUT2D eigenvalue weighted by atomic mass is 16.5. The van der Waals surface area contributed by atoms with Crippen LogP contribution in [0.15, 0.2) is 24.3 Å². The summed E-state index contributed by atoms with van der Waals surface area (Å²) >= 11 is 0. The monoisotopic (exact) mass is 234 g/mol. The van der Waals surface area contributed by atoms with Crippen molar-refractivity contribution >= 4 is 11.4 Å². The SMILES string of the molecule is COC[C@H]1CN(c2ccc(N)cc2)CC1(C)C. The molecule has 1 fully saturated rings. The molecule has 17 heavy (non-hydrogen) atoms. The molecule has 2 N–H and O–H groups in total. The third kappa shape index (κ3) is 2.55. The van der Waals surface area contributed by atoms with Gasteiger partial charge in [0, 0.05) is 37.5 Å². The Labute approximate surface area is 104 Å². The number of anilines is 2. The van der Waals surface area contributed by atoms with Crippen LogP contribution in [0.2, 0.25) is 0 Å². The second kappa shape index (κ2) is 4.57. The summed E-state index contributed by atoms with van der Waals surface area (Å²) in [4.78, 5) is 2.42. The summed E-state index contributed by atoms with van der Waals surface area (Å²) in [5, 5.41) is 0. The Balaban J connectivity index is 2.12. The van der Waals surface area contributed by atoms with Gasteiger partial charge in [0.1, 0.15) is 0 Å². The first-order valence-electron chi connectivity index (χ1n) is 6.12. The topological polar surface area (TPSA) is 38.5 Å². The van der Waals surface area contributed by atoms with Gasteiger partial charge in [-0.3, -0.25) is 0 Å². The van der Waals surface area contributed by atoms with Crippen molar-refractivity contribution in [2.45, 2.75) is 13.8 Å². The van der Waals surface area contributed by atoms with E-state index in [4.69, 9.17) is 10.5 Å². The van der Waals surface area contributed by atoms with Gasteiger partial charge in [0.25, 0.3) is 0 Å². The molecule has 0 radical (unpaired) electrons. The van der Waals surface area contributed by atoms with Crippen molar-refractivity contribution < 1.29 is 4.74 Å². The Kier molecular flexibility index (Phi) is 3.29. The summed E-state index contributed by atoms with van der Waals surface area (Å²) in [6.07, 6.45) is 0. The molecule has 0 unspecified atom stereocenters. The molecular formula is C14H22N2O. The maximum absolute atomic E-state index is 5.72. The molecule has 0 spiro atoms. The molecule has 1 atom stereocenters. The van der Waals surface area contributed by atoms with Gasteiger partial charge < -0.3 is 15.4 Å². The van der Waals surface area contributed by atoms with Crippen LogP contribution in [0.3, 0.4) is 0 Å². The van der Waals surface area contributed by atoms with Gasteiger partial charge in [-0.15, -0.1) is 0 Å². The zero-order chi connectivity index (χ0) is 12.5. The van der Waals surface area contributed by atoms with Crippen molar-refractivity contribution in [1.82, 2.24) is 0 Å². The zero-order valence-corrected chi connectivity index (χ0v) is 10.9. The molecule has 1 aliphatic heterocycles. The molecule has 3 heteroatoms. The Morgan fingerprint density at radius 1 is 1.35 bits per heavy atom. The lowest BCUT2D eigenvalue weighted by atomic mass is 9.83. The predicted octanol–water partition coefficient (Wildman–Crippen LogP) is 2.38. The van der Waals surface area contributed by atoms with Crippen LogP contribution >= 0.6 is 0 Å². The molecule has 0 amide bonds. The molecule has 2 rings (SSSR count). The molecule has 0 aliphatic carbocycles. The molecule has 94 valence electrons. The molecule has 0 saturated carbocycles. The fraction of sp³-hybridized carbons (Fsp3) is 0.571. The molecule has 1 saturated heterocycles. The second-order valence-corrected chi connectivity index (χ2v) is 5.61. The molecule has 1 aromatic carbocycles. The number of nitrogens with two attached hydrogens (primary N) is 1. The summed E-state index contributed by atoms with van der Waals surface area (Å²) in [7, 11) is 1.78. The third-order valence-corrected chi connectivity index (χ3v) is 3.77. The second-order valence-electron chi connectivity index (χ2n) is 5.61. The summed E-state index contributed by atoms with van der Waals surface area (Å²) in [6, 6.07) is 8.12. The largest absolute Gasteiger partial charge is 0.399 e. The fourth-order valence-electron chi connectivity index (χ4n) is 2.56. The van der Waals surface area contributed by atoms with E-state index in [0.29, 0.717) is 11.3 Å². The number of methoxy groups -OCH3 is 1. The van der Waals surface area contributed by atoms with Crippen molar-refractivity contribution in [1.29, 1.82) is 0 Å². The quantitative estimate of drug-likeness (QED) is 0.816. The summed E-state index contributed by atoms with van der Waals surface area (Å²) in [5.74, 6) is 0.588. The van der Waals surface area contributed by atoms with Crippen LogP contribution in [0.25, 0.3) is 0 Å². The summed E-state index contributed by atoms with van der Waals surface area (Å²) in [5.41, 5.74) is 8.09. The van der Waals surface area contributed by atoms with E-state index < -0.39 is 0 Å². The maximum atomic E-state index is 5.72. The molecular weight excluding hydrogens is 212 g/mol. The smallest absolute Gasteiger partial charge is 0.0513 e. The van der Waals surface area contributed by atoms with Gasteiger partial charge in [0.2, 0.25) is 0 Å². The van der Waals surface area contributed by atoms with Crippen LogP contribution in [-0.2, 0) is 4.74 Å². The lowest BCUT2D eigenvalue weighted by Crippen LogP contribution is -2.25. The Morgan fingerprint density at radius 3 is 2.59 bits per heavy atom. The van der Waals surface area contributed by atoms with E-state index >= 15 is 0 Å². The number of ether oxygens (including phenoxy) is 1. The number of benzene rings is 1. The van der Waals surface area contributed by atoms with E-state index in [1.54, 1.807) is 7.11 Å².